The van der Waals surface area contributed by atoms with Crippen LogP contribution < -0.4 is 11.1 Å². The first-order valence-electron chi connectivity index (χ1n) is 7.39. The quantitative estimate of drug-likeness (QED) is 0.506. The Kier molecular flexibility index (Phi) is 6.40. The highest BCUT2D eigenvalue weighted by atomic mass is 127. The largest absolute Gasteiger partial charge is 0.352 e. The van der Waals surface area contributed by atoms with Gasteiger partial charge in [-0.2, -0.15) is 0 Å². The second-order valence-electron chi connectivity index (χ2n) is 5.77. The maximum Gasteiger partial charge on any atom is 0.220 e. The van der Waals surface area contributed by atoms with Gasteiger partial charge in [0.15, 0.2) is 0 Å². The number of halogens is 3. The molecule has 2 rings (SSSR count). The number of aromatic nitrogens is 1. The number of alkyl halides is 1. The Morgan fingerprint density at radius 3 is 2.91 bits per heavy atom. The van der Waals surface area contributed by atoms with E-state index in [1.54, 1.807) is 13.0 Å². The van der Waals surface area contributed by atoms with E-state index in [2.05, 4.69) is 32.9 Å². The van der Waals surface area contributed by atoms with Crippen molar-refractivity contribution in [2.75, 3.05) is 0 Å². The minimum absolute atomic E-state index is 0.133. The number of rotatable bonds is 7. The van der Waals surface area contributed by atoms with Gasteiger partial charge in [-0.05, 0) is 60.4 Å². The van der Waals surface area contributed by atoms with Crippen molar-refractivity contribution in [2.45, 2.75) is 57.3 Å². The Morgan fingerprint density at radius 1 is 1.64 bits per heavy atom. The van der Waals surface area contributed by atoms with E-state index >= 15 is 0 Å². The second kappa shape index (κ2) is 7.88. The highest BCUT2D eigenvalue weighted by Crippen LogP contribution is 2.42. The van der Waals surface area contributed by atoms with Crippen LogP contribution in [-0.2, 0) is 11.3 Å². The van der Waals surface area contributed by atoms with Crippen LogP contribution in [0.15, 0.2) is 6.07 Å². The fourth-order valence-electron chi connectivity index (χ4n) is 2.14. The van der Waals surface area contributed by atoms with Gasteiger partial charge >= 0.3 is 0 Å². The number of amides is 1. The van der Waals surface area contributed by atoms with Crippen LogP contribution in [0, 0.1) is 3.57 Å². The molecular formula is C15H20ClFIN3O. The zero-order valence-electron chi connectivity index (χ0n) is 12.4. The van der Waals surface area contributed by atoms with Crippen molar-refractivity contribution in [3.63, 3.8) is 0 Å². The minimum atomic E-state index is -1.15. The van der Waals surface area contributed by atoms with Gasteiger partial charge in [-0.25, -0.2) is 9.37 Å². The molecule has 0 bridgehead atoms. The lowest BCUT2D eigenvalue weighted by atomic mass is 10.1. The van der Waals surface area contributed by atoms with E-state index in [0.717, 1.165) is 27.7 Å². The Labute approximate surface area is 148 Å². The summed E-state index contributed by atoms with van der Waals surface area (Å²) in [4.78, 5) is 16.2. The molecule has 0 aliphatic heterocycles. The summed E-state index contributed by atoms with van der Waals surface area (Å²) >= 11 is 8.31. The first-order chi connectivity index (χ1) is 10.4. The van der Waals surface area contributed by atoms with Crippen LogP contribution in [0.1, 0.15) is 49.8 Å². The second-order valence-corrected chi connectivity index (χ2v) is 7.23. The first kappa shape index (κ1) is 17.9. The van der Waals surface area contributed by atoms with E-state index in [1.165, 1.54) is 0 Å². The van der Waals surface area contributed by atoms with Crippen LogP contribution in [0.3, 0.4) is 0 Å². The van der Waals surface area contributed by atoms with Crippen molar-refractivity contribution in [3.05, 3.63) is 26.0 Å². The molecule has 1 amide bonds. The molecule has 0 unspecified atom stereocenters. The van der Waals surface area contributed by atoms with Crippen LogP contribution in [0.25, 0.3) is 0 Å². The van der Waals surface area contributed by atoms with Gasteiger partial charge in [0, 0.05) is 28.5 Å². The van der Waals surface area contributed by atoms with Crippen molar-refractivity contribution >= 4 is 40.1 Å². The lowest BCUT2D eigenvalue weighted by Crippen LogP contribution is -2.30. The monoisotopic (exact) mass is 439 g/mol. The molecule has 1 fully saturated rings. The molecule has 1 heterocycles. The lowest BCUT2D eigenvalue weighted by Gasteiger charge is -2.13. The molecule has 122 valence electrons. The third-order valence-corrected chi connectivity index (χ3v) is 5.12. The molecule has 7 heteroatoms. The maximum absolute atomic E-state index is 13.4. The van der Waals surface area contributed by atoms with Crippen LogP contribution in [0.4, 0.5) is 4.39 Å². The van der Waals surface area contributed by atoms with Gasteiger partial charge in [-0.3, -0.25) is 4.79 Å². The zero-order valence-corrected chi connectivity index (χ0v) is 15.3. The van der Waals surface area contributed by atoms with E-state index in [4.69, 9.17) is 17.3 Å². The zero-order chi connectivity index (χ0) is 16.3. The SMILES string of the molecule is C[C@H](N)[C@H](F)CCC(=O)NCc1cc(Cl)nc(C2CC2)c1I. The molecule has 0 spiro atoms. The average Bonchev–Trinajstić information content (AvgIpc) is 3.29. The molecule has 1 saturated carbocycles. The summed E-state index contributed by atoms with van der Waals surface area (Å²) in [5.41, 5.74) is 7.43. The van der Waals surface area contributed by atoms with Gasteiger partial charge in [0.2, 0.25) is 5.91 Å². The molecule has 1 aromatic heterocycles. The summed E-state index contributed by atoms with van der Waals surface area (Å²) in [5.74, 6) is 0.318. The molecule has 22 heavy (non-hydrogen) atoms. The number of carbonyl (C=O) groups is 1. The number of pyridine rings is 1. The number of carbonyl (C=O) groups excluding carboxylic acids is 1. The van der Waals surface area contributed by atoms with E-state index in [0.29, 0.717) is 17.6 Å². The number of nitrogens with zero attached hydrogens (tertiary/aromatic N) is 1. The van der Waals surface area contributed by atoms with Gasteiger partial charge in [0.1, 0.15) is 11.3 Å². The van der Waals surface area contributed by atoms with Crippen molar-refractivity contribution < 1.29 is 9.18 Å². The number of nitrogens with one attached hydrogen (secondary N) is 1. The highest BCUT2D eigenvalue weighted by molar-refractivity contribution is 14.1. The fourth-order valence-corrected chi connectivity index (χ4v) is 3.27. The molecule has 1 aromatic rings. The summed E-state index contributed by atoms with van der Waals surface area (Å²) in [6.45, 7) is 1.98. The molecule has 1 aliphatic carbocycles. The molecule has 0 radical (unpaired) electrons. The third kappa shape index (κ3) is 5.03. The van der Waals surface area contributed by atoms with E-state index in [-0.39, 0.29) is 18.7 Å². The number of hydrogen-bond acceptors (Lipinski definition) is 3. The number of hydrogen-bond donors (Lipinski definition) is 2. The summed E-state index contributed by atoms with van der Waals surface area (Å²) in [6.07, 6.45) is 1.41. The maximum atomic E-state index is 13.4. The van der Waals surface area contributed by atoms with Crippen molar-refractivity contribution in [1.29, 1.82) is 0 Å². The standard InChI is InChI=1S/C15H20ClFIN3O/c1-8(19)11(17)4-5-13(22)20-7-10-6-12(16)21-15(14(10)18)9-2-3-9/h6,8-9,11H,2-5,7,19H2,1H3,(H,20,22)/t8-,11+/m0/s1. The van der Waals surface area contributed by atoms with Crippen LogP contribution >= 0.6 is 34.2 Å². The minimum Gasteiger partial charge on any atom is -0.352 e. The third-order valence-electron chi connectivity index (χ3n) is 3.69. The van der Waals surface area contributed by atoms with Crippen LogP contribution in [-0.4, -0.2) is 23.1 Å². The van der Waals surface area contributed by atoms with Gasteiger partial charge < -0.3 is 11.1 Å². The van der Waals surface area contributed by atoms with Crippen LogP contribution in [0.5, 0.6) is 0 Å². The molecule has 2 atom stereocenters. The topological polar surface area (TPSA) is 68.0 Å². The highest BCUT2D eigenvalue weighted by Gasteiger charge is 2.28. The van der Waals surface area contributed by atoms with Crippen molar-refractivity contribution in [3.8, 4) is 0 Å². The predicted octanol–water partition coefficient (Wildman–Crippen LogP) is 3.30. The van der Waals surface area contributed by atoms with Crippen LogP contribution in [0.2, 0.25) is 5.15 Å². The molecule has 3 N–H and O–H groups in total. The molecule has 0 saturated heterocycles. The summed E-state index contributed by atoms with van der Waals surface area (Å²) < 4.78 is 14.4. The normalized spacial score (nSPS) is 17.1. The smallest absolute Gasteiger partial charge is 0.220 e. The van der Waals surface area contributed by atoms with E-state index in [9.17, 15) is 9.18 Å². The van der Waals surface area contributed by atoms with Gasteiger partial charge in [-0.1, -0.05) is 11.6 Å². The summed E-state index contributed by atoms with van der Waals surface area (Å²) in [5, 5.41) is 3.26. The molecule has 4 nitrogen and oxygen atoms in total. The van der Waals surface area contributed by atoms with Gasteiger partial charge in [-0.15, -0.1) is 0 Å². The van der Waals surface area contributed by atoms with Gasteiger partial charge in [0.25, 0.3) is 0 Å². The van der Waals surface area contributed by atoms with E-state index < -0.39 is 12.2 Å². The Morgan fingerprint density at radius 2 is 2.32 bits per heavy atom. The average molecular weight is 440 g/mol. The van der Waals surface area contributed by atoms with Crippen molar-refractivity contribution in [2.24, 2.45) is 5.73 Å². The van der Waals surface area contributed by atoms with Crippen molar-refractivity contribution in [1.82, 2.24) is 10.3 Å². The molecule has 1 aliphatic rings. The lowest BCUT2D eigenvalue weighted by molar-refractivity contribution is -0.121. The molecular weight excluding hydrogens is 420 g/mol. The van der Waals surface area contributed by atoms with Gasteiger partial charge in [0.05, 0.1) is 5.69 Å². The summed E-state index contributed by atoms with van der Waals surface area (Å²) in [7, 11) is 0. The number of nitrogens with two attached hydrogens (primary N) is 1. The first-order valence-corrected chi connectivity index (χ1v) is 8.85. The van der Waals surface area contributed by atoms with E-state index in [1.807, 2.05) is 0 Å². The fraction of sp³-hybridized carbons (Fsp3) is 0.600. The Balaban J connectivity index is 1.90. The Hall–Kier alpha value is -0.470. The Bertz CT molecular complexity index is 552. The predicted molar refractivity (Wildman–Crippen MR) is 93.6 cm³/mol. The summed E-state index contributed by atoms with van der Waals surface area (Å²) in [6, 6.07) is 1.23. The molecule has 0 aromatic carbocycles.